The van der Waals surface area contributed by atoms with E-state index >= 15 is 0 Å². The lowest BCUT2D eigenvalue weighted by molar-refractivity contribution is 0.0595. The van der Waals surface area contributed by atoms with Crippen LogP contribution < -0.4 is 0 Å². The Morgan fingerprint density at radius 2 is 1.87 bits per heavy atom. The molecule has 0 atom stereocenters. The normalized spacial score (nSPS) is 10.6. The van der Waals surface area contributed by atoms with Gasteiger partial charge in [-0.05, 0) is 43.2 Å². The van der Waals surface area contributed by atoms with Gasteiger partial charge in [-0.1, -0.05) is 0 Å². The van der Waals surface area contributed by atoms with Crippen molar-refractivity contribution in [1.82, 2.24) is 4.98 Å². The van der Waals surface area contributed by atoms with Crippen molar-refractivity contribution in [2.24, 2.45) is 0 Å². The van der Waals surface area contributed by atoms with Crippen LogP contribution in [0.2, 0.25) is 0 Å². The Balaban J connectivity index is 2.61. The van der Waals surface area contributed by atoms with Crippen LogP contribution in [0, 0.1) is 13.8 Å². The first kappa shape index (κ1) is 9.77. The smallest absolute Gasteiger partial charge is 0.354 e. The molecule has 78 valence electrons. The number of aromatic nitrogens is 1. The third-order valence-corrected chi connectivity index (χ3v) is 2.64. The van der Waals surface area contributed by atoms with Crippen molar-refractivity contribution in [3.63, 3.8) is 0 Å². The van der Waals surface area contributed by atoms with Gasteiger partial charge in [0.15, 0.2) is 0 Å². The monoisotopic (exact) mass is 203 g/mol. The highest BCUT2D eigenvalue weighted by Crippen LogP contribution is 2.20. The molecule has 2 aromatic rings. The molecule has 1 heterocycles. The lowest BCUT2D eigenvalue weighted by atomic mass is 10.1. The predicted molar refractivity (Wildman–Crippen MR) is 59.1 cm³/mol. The zero-order valence-electron chi connectivity index (χ0n) is 9.05. The number of aryl methyl sites for hydroxylation is 2. The predicted octanol–water partition coefficient (Wildman–Crippen LogP) is 2.57. The number of carbonyl (C=O) groups is 1. The summed E-state index contributed by atoms with van der Waals surface area (Å²) in [6.07, 6.45) is 0. The van der Waals surface area contributed by atoms with E-state index in [1.54, 1.807) is 0 Å². The van der Waals surface area contributed by atoms with Crippen LogP contribution in [0.25, 0.3) is 10.9 Å². The zero-order chi connectivity index (χ0) is 11.0. The molecular weight excluding hydrogens is 190 g/mol. The van der Waals surface area contributed by atoms with E-state index in [2.05, 4.69) is 22.7 Å². The average molecular weight is 203 g/mol. The largest absolute Gasteiger partial charge is 0.464 e. The number of ether oxygens (including phenoxy) is 1. The number of aromatic amines is 1. The minimum absolute atomic E-state index is 0.332. The average Bonchev–Trinajstić information content (AvgIpc) is 2.60. The number of benzene rings is 1. The van der Waals surface area contributed by atoms with Crippen LogP contribution in [0.3, 0.4) is 0 Å². The van der Waals surface area contributed by atoms with Gasteiger partial charge < -0.3 is 9.72 Å². The molecule has 0 unspecified atom stereocenters. The van der Waals surface area contributed by atoms with Crippen LogP contribution in [0.4, 0.5) is 0 Å². The van der Waals surface area contributed by atoms with Crippen LogP contribution in [-0.4, -0.2) is 18.1 Å². The molecule has 0 amide bonds. The highest BCUT2D eigenvalue weighted by atomic mass is 16.5. The third-order valence-electron chi connectivity index (χ3n) is 2.64. The molecule has 0 aliphatic rings. The highest BCUT2D eigenvalue weighted by molar-refractivity contribution is 5.95. The molecule has 1 aromatic carbocycles. The van der Waals surface area contributed by atoms with Crippen molar-refractivity contribution in [1.29, 1.82) is 0 Å². The number of fused-ring (bicyclic) bond motifs is 1. The van der Waals surface area contributed by atoms with Crippen molar-refractivity contribution in [2.75, 3.05) is 7.11 Å². The van der Waals surface area contributed by atoms with Crippen LogP contribution in [0.1, 0.15) is 21.6 Å². The molecule has 15 heavy (non-hydrogen) atoms. The third kappa shape index (κ3) is 1.61. The van der Waals surface area contributed by atoms with E-state index in [1.165, 1.54) is 18.2 Å². The number of hydrogen-bond donors (Lipinski definition) is 1. The van der Waals surface area contributed by atoms with E-state index in [0.717, 1.165) is 10.9 Å². The minimum Gasteiger partial charge on any atom is -0.464 e. The Hall–Kier alpha value is -1.77. The fourth-order valence-electron chi connectivity index (χ4n) is 1.62. The van der Waals surface area contributed by atoms with Crippen molar-refractivity contribution in [3.8, 4) is 0 Å². The van der Waals surface area contributed by atoms with Gasteiger partial charge in [0.2, 0.25) is 0 Å². The maximum Gasteiger partial charge on any atom is 0.354 e. The number of hydrogen-bond acceptors (Lipinski definition) is 2. The van der Waals surface area contributed by atoms with E-state index in [1.807, 2.05) is 19.1 Å². The number of methoxy groups -OCH3 is 1. The van der Waals surface area contributed by atoms with E-state index in [-0.39, 0.29) is 5.97 Å². The van der Waals surface area contributed by atoms with Gasteiger partial charge in [-0.2, -0.15) is 0 Å². The van der Waals surface area contributed by atoms with Gasteiger partial charge in [-0.15, -0.1) is 0 Å². The second kappa shape index (κ2) is 3.42. The SMILES string of the molecule is COC(=O)c1cc2cc(C)c(C)cc2[nH]1. The number of nitrogens with one attached hydrogen (secondary N) is 1. The Kier molecular flexibility index (Phi) is 2.23. The molecule has 0 fully saturated rings. The molecule has 0 saturated carbocycles. The summed E-state index contributed by atoms with van der Waals surface area (Å²) in [6.45, 7) is 4.10. The first-order valence-corrected chi connectivity index (χ1v) is 4.80. The summed E-state index contributed by atoms with van der Waals surface area (Å²) in [6, 6.07) is 5.92. The molecule has 0 spiro atoms. The van der Waals surface area contributed by atoms with Crippen molar-refractivity contribution < 1.29 is 9.53 Å². The molecule has 0 bridgehead atoms. The van der Waals surface area contributed by atoms with Gasteiger partial charge in [0.1, 0.15) is 5.69 Å². The zero-order valence-corrected chi connectivity index (χ0v) is 9.05. The molecule has 0 radical (unpaired) electrons. The topological polar surface area (TPSA) is 42.1 Å². The molecule has 0 saturated heterocycles. The maximum absolute atomic E-state index is 11.3. The summed E-state index contributed by atoms with van der Waals surface area (Å²) in [5.41, 5.74) is 3.90. The van der Waals surface area contributed by atoms with Gasteiger partial charge in [-0.3, -0.25) is 0 Å². The number of esters is 1. The molecule has 3 nitrogen and oxygen atoms in total. The number of rotatable bonds is 1. The Morgan fingerprint density at radius 3 is 2.53 bits per heavy atom. The lowest BCUT2D eigenvalue weighted by Crippen LogP contribution is -2.00. The van der Waals surface area contributed by atoms with Gasteiger partial charge in [0, 0.05) is 10.9 Å². The van der Waals surface area contributed by atoms with E-state index in [0.29, 0.717) is 5.69 Å². The van der Waals surface area contributed by atoms with Crippen molar-refractivity contribution in [2.45, 2.75) is 13.8 Å². The summed E-state index contributed by atoms with van der Waals surface area (Å²) < 4.78 is 4.66. The summed E-state index contributed by atoms with van der Waals surface area (Å²) in [7, 11) is 1.38. The van der Waals surface area contributed by atoms with E-state index in [9.17, 15) is 4.79 Å². The first-order chi connectivity index (χ1) is 7.11. The molecule has 3 heteroatoms. The van der Waals surface area contributed by atoms with Crippen LogP contribution in [0.15, 0.2) is 18.2 Å². The number of H-pyrrole nitrogens is 1. The molecule has 1 N–H and O–H groups in total. The fourth-order valence-corrected chi connectivity index (χ4v) is 1.62. The van der Waals surface area contributed by atoms with Gasteiger partial charge in [-0.25, -0.2) is 4.79 Å². The van der Waals surface area contributed by atoms with Crippen LogP contribution in [-0.2, 0) is 4.74 Å². The molecule has 0 aliphatic carbocycles. The maximum atomic E-state index is 11.3. The second-order valence-electron chi connectivity index (χ2n) is 3.70. The molecule has 2 rings (SSSR count). The standard InChI is InChI=1S/C12H13NO2/c1-7-4-9-6-11(12(14)15-3)13-10(9)5-8(7)2/h4-6,13H,1-3H3. The van der Waals surface area contributed by atoms with Crippen LogP contribution in [0.5, 0.6) is 0 Å². The first-order valence-electron chi connectivity index (χ1n) is 4.80. The van der Waals surface area contributed by atoms with Crippen molar-refractivity contribution in [3.05, 3.63) is 35.0 Å². The second-order valence-corrected chi connectivity index (χ2v) is 3.70. The van der Waals surface area contributed by atoms with Crippen molar-refractivity contribution >= 4 is 16.9 Å². The summed E-state index contributed by atoms with van der Waals surface area (Å²) in [4.78, 5) is 14.3. The lowest BCUT2D eigenvalue weighted by Gasteiger charge is -1.98. The summed E-state index contributed by atoms with van der Waals surface area (Å²) in [5, 5.41) is 1.04. The summed E-state index contributed by atoms with van der Waals surface area (Å²) in [5.74, 6) is -0.332. The quantitative estimate of drug-likeness (QED) is 0.724. The van der Waals surface area contributed by atoms with Crippen LogP contribution >= 0.6 is 0 Å². The molecule has 1 aromatic heterocycles. The Morgan fingerprint density at radius 1 is 1.20 bits per heavy atom. The Bertz CT molecular complexity index is 487. The van der Waals surface area contributed by atoms with Gasteiger partial charge >= 0.3 is 5.97 Å². The molecular formula is C12H13NO2. The highest BCUT2D eigenvalue weighted by Gasteiger charge is 2.09. The fraction of sp³-hybridized carbons (Fsp3) is 0.250. The van der Waals surface area contributed by atoms with Gasteiger partial charge in [0.05, 0.1) is 7.11 Å². The van der Waals surface area contributed by atoms with Gasteiger partial charge in [0.25, 0.3) is 0 Å². The van der Waals surface area contributed by atoms with E-state index < -0.39 is 0 Å². The number of carbonyl (C=O) groups excluding carboxylic acids is 1. The Labute approximate surface area is 88.1 Å². The van der Waals surface area contributed by atoms with E-state index in [4.69, 9.17) is 0 Å². The summed E-state index contributed by atoms with van der Waals surface area (Å²) >= 11 is 0. The molecule has 0 aliphatic heterocycles. The minimum atomic E-state index is -0.332.